The Bertz CT molecular complexity index is 1250. The molecule has 3 heterocycles. The Balaban J connectivity index is 1.82. The predicted octanol–water partition coefficient (Wildman–Crippen LogP) is 2.95. The van der Waals surface area contributed by atoms with E-state index in [0.717, 1.165) is 23.4 Å². The number of carbonyl (C=O) groups is 1. The lowest BCUT2D eigenvalue weighted by Crippen LogP contribution is -2.15. The molecular weight excluding hydrogens is 423 g/mol. The summed E-state index contributed by atoms with van der Waals surface area (Å²) in [6.07, 6.45) is -1.84. The van der Waals surface area contributed by atoms with Gasteiger partial charge in [-0.15, -0.1) is 0 Å². The van der Waals surface area contributed by atoms with Crippen LogP contribution < -0.4 is 5.32 Å². The van der Waals surface area contributed by atoms with Crippen molar-refractivity contribution in [2.45, 2.75) is 30.8 Å². The van der Waals surface area contributed by atoms with Crippen molar-refractivity contribution in [3.8, 4) is 11.4 Å². The number of pyridine rings is 1. The lowest BCUT2D eigenvalue weighted by atomic mass is 10.2. The van der Waals surface area contributed by atoms with Crippen LogP contribution in [0.3, 0.4) is 0 Å². The van der Waals surface area contributed by atoms with Gasteiger partial charge in [0.05, 0.1) is 16.3 Å². The fourth-order valence-electron chi connectivity index (χ4n) is 2.83. The molecule has 0 atom stereocenters. The number of alkyl halides is 3. The van der Waals surface area contributed by atoms with Crippen LogP contribution in [0, 0.1) is 5.92 Å². The lowest BCUT2D eigenvalue weighted by Gasteiger charge is -2.11. The van der Waals surface area contributed by atoms with E-state index >= 15 is 0 Å². The maximum Gasteiger partial charge on any atom is 0.435 e. The average Bonchev–Trinajstić information content (AvgIpc) is 3.45. The zero-order valence-corrected chi connectivity index (χ0v) is 16.5. The van der Waals surface area contributed by atoms with Crippen LogP contribution in [-0.2, 0) is 20.8 Å². The molecule has 0 aliphatic heterocycles. The van der Waals surface area contributed by atoms with Gasteiger partial charge >= 0.3 is 6.18 Å². The normalized spacial score (nSPS) is 14.8. The van der Waals surface area contributed by atoms with E-state index in [9.17, 15) is 26.4 Å². The van der Waals surface area contributed by atoms with Crippen LogP contribution >= 0.6 is 0 Å². The molecule has 1 fully saturated rings. The van der Waals surface area contributed by atoms with Gasteiger partial charge in [0, 0.05) is 18.2 Å². The summed E-state index contributed by atoms with van der Waals surface area (Å²) >= 11 is 0. The summed E-state index contributed by atoms with van der Waals surface area (Å²) in [6, 6.07) is 4.78. The fraction of sp³-hybridized carbons (Fsp3) is 0.333. The molecule has 1 saturated carbocycles. The minimum atomic E-state index is -4.64. The van der Waals surface area contributed by atoms with Gasteiger partial charge in [0.15, 0.2) is 21.2 Å². The van der Waals surface area contributed by atoms with E-state index in [1.54, 1.807) is 0 Å². The quantitative estimate of drug-likeness (QED) is 0.655. The number of hydrogen-bond acceptors (Lipinski definition) is 6. The molecule has 0 radical (unpaired) electrons. The fourth-order valence-corrected chi connectivity index (χ4v) is 3.86. The second-order valence-corrected chi connectivity index (χ2v) is 9.10. The Morgan fingerprint density at radius 2 is 1.97 bits per heavy atom. The summed E-state index contributed by atoms with van der Waals surface area (Å²) in [5, 5.41) is 6.06. The first-order chi connectivity index (χ1) is 14.1. The molecular formula is C18H16F3N5O3S. The Morgan fingerprint density at radius 1 is 1.23 bits per heavy atom. The number of hydrogen-bond donors (Lipinski definition) is 1. The van der Waals surface area contributed by atoms with E-state index in [4.69, 9.17) is 0 Å². The number of fused-ring (bicyclic) bond motifs is 1. The molecule has 1 aliphatic carbocycles. The van der Waals surface area contributed by atoms with E-state index in [2.05, 4.69) is 20.4 Å². The number of halogens is 3. The zero-order chi connectivity index (χ0) is 21.7. The largest absolute Gasteiger partial charge is 0.435 e. The van der Waals surface area contributed by atoms with Crippen molar-refractivity contribution in [2.24, 2.45) is 5.92 Å². The minimum Gasteiger partial charge on any atom is -0.310 e. The number of nitrogens with one attached hydrogen (secondary N) is 1. The van der Waals surface area contributed by atoms with Gasteiger partial charge in [-0.05, 0) is 31.0 Å². The number of sulfone groups is 1. The van der Waals surface area contributed by atoms with E-state index in [1.807, 2.05) is 0 Å². The van der Waals surface area contributed by atoms with Crippen LogP contribution in [0.25, 0.3) is 17.0 Å². The maximum absolute atomic E-state index is 12.9. The van der Waals surface area contributed by atoms with E-state index in [0.29, 0.717) is 0 Å². The molecule has 1 amide bonds. The number of carbonyl (C=O) groups excluding carboxylic acids is 1. The first-order valence-electron chi connectivity index (χ1n) is 9.07. The average molecular weight is 439 g/mol. The Labute approximate surface area is 169 Å². The molecule has 12 heteroatoms. The van der Waals surface area contributed by atoms with Crippen molar-refractivity contribution < 1.29 is 26.4 Å². The van der Waals surface area contributed by atoms with Crippen molar-refractivity contribution in [1.82, 2.24) is 19.6 Å². The molecule has 30 heavy (non-hydrogen) atoms. The molecule has 0 aromatic carbocycles. The highest BCUT2D eigenvalue weighted by molar-refractivity contribution is 7.91. The van der Waals surface area contributed by atoms with Crippen LogP contribution in [0.1, 0.15) is 25.5 Å². The van der Waals surface area contributed by atoms with E-state index in [1.165, 1.54) is 31.3 Å². The third-order valence-corrected chi connectivity index (χ3v) is 6.39. The van der Waals surface area contributed by atoms with Crippen LogP contribution in [-0.4, -0.2) is 39.7 Å². The van der Waals surface area contributed by atoms with E-state index in [-0.39, 0.29) is 45.3 Å². The molecule has 0 spiro atoms. The highest BCUT2D eigenvalue weighted by atomic mass is 32.2. The number of aromatic nitrogens is 4. The molecule has 1 N–H and O–H groups in total. The van der Waals surface area contributed by atoms with Gasteiger partial charge in [0.2, 0.25) is 5.91 Å². The topological polar surface area (TPSA) is 106 Å². The molecule has 3 aromatic rings. The molecule has 3 aromatic heterocycles. The minimum absolute atomic E-state index is 0.0469. The Kier molecular flexibility index (Phi) is 4.76. The van der Waals surface area contributed by atoms with Crippen molar-refractivity contribution in [3.63, 3.8) is 0 Å². The van der Waals surface area contributed by atoms with Crippen LogP contribution in [0.4, 0.5) is 19.0 Å². The summed E-state index contributed by atoms with van der Waals surface area (Å²) in [4.78, 5) is 20.3. The Morgan fingerprint density at radius 3 is 2.60 bits per heavy atom. The van der Waals surface area contributed by atoms with Crippen LogP contribution in [0.5, 0.6) is 0 Å². The molecule has 0 saturated heterocycles. The maximum atomic E-state index is 12.9. The highest BCUT2D eigenvalue weighted by Gasteiger charge is 2.34. The third-order valence-electron chi connectivity index (χ3n) is 4.63. The summed E-state index contributed by atoms with van der Waals surface area (Å²) in [7, 11) is -3.72. The number of nitrogens with zero attached hydrogens (tertiary/aromatic N) is 4. The van der Waals surface area contributed by atoms with Crippen molar-refractivity contribution in [3.05, 3.63) is 36.2 Å². The molecule has 1 aliphatic rings. The second-order valence-electron chi connectivity index (χ2n) is 6.85. The first kappa shape index (κ1) is 20.3. The number of amides is 1. The summed E-state index contributed by atoms with van der Waals surface area (Å²) < 4.78 is 64.8. The molecule has 158 valence electrons. The number of anilines is 1. The van der Waals surface area contributed by atoms with E-state index < -0.39 is 21.7 Å². The third kappa shape index (κ3) is 3.86. The molecule has 4 rings (SSSR count). The van der Waals surface area contributed by atoms with Gasteiger partial charge < -0.3 is 5.32 Å². The van der Waals surface area contributed by atoms with Crippen molar-refractivity contribution in [1.29, 1.82) is 0 Å². The van der Waals surface area contributed by atoms with Crippen molar-refractivity contribution in [2.75, 3.05) is 11.1 Å². The van der Waals surface area contributed by atoms with Crippen LogP contribution in [0.15, 0.2) is 35.4 Å². The summed E-state index contributed by atoms with van der Waals surface area (Å²) in [6.45, 7) is 1.46. The summed E-state index contributed by atoms with van der Waals surface area (Å²) in [5.74, 6) is -0.365. The second kappa shape index (κ2) is 7.04. The Hall–Kier alpha value is -3.02. The lowest BCUT2D eigenvalue weighted by molar-refractivity contribution is -0.141. The monoisotopic (exact) mass is 439 g/mol. The highest BCUT2D eigenvalue weighted by Crippen LogP contribution is 2.32. The molecule has 8 nitrogen and oxygen atoms in total. The van der Waals surface area contributed by atoms with Gasteiger partial charge in [-0.1, -0.05) is 6.92 Å². The van der Waals surface area contributed by atoms with Gasteiger partial charge in [-0.2, -0.15) is 18.3 Å². The first-order valence-corrected chi connectivity index (χ1v) is 10.7. The standard InChI is InChI=1S/C18H16F3N5O3S/c1-2-30(28,29)12-5-6-14(24-17(27)10-3-4-10)23-16(12)11-7-8-26-15(22-11)9-13(25-26)18(19,20)21/h5-10H,2-4H2,1H3,(H,23,24,27). The zero-order valence-electron chi connectivity index (χ0n) is 15.6. The predicted molar refractivity (Wildman–Crippen MR) is 100 cm³/mol. The van der Waals surface area contributed by atoms with Gasteiger partial charge in [0.1, 0.15) is 11.5 Å². The van der Waals surface area contributed by atoms with Crippen LogP contribution in [0.2, 0.25) is 0 Å². The van der Waals surface area contributed by atoms with Gasteiger partial charge in [-0.25, -0.2) is 22.9 Å². The number of rotatable bonds is 5. The summed E-state index contributed by atoms with van der Waals surface area (Å²) in [5.41, 5.74) is -1.24. The van der Waals surface area contributed by atoms with Crippen molar-refractivity contribution >= 4 is 27.2 Å². The van der Waals surface area contributed by atoms with Gasteiger partial charge in [0.25, 0.3) is 0 Å². The van der Waals surface area contributed by atoms with Gasteiger partial charge in [-0.3, -0.25) is 4.79 Å². The molecule has 0 bridgehead atoms. The smallest absolute Gasteiger partial charge is 0.310 e. The SMILES string of the molecule is CCS(=O)(=O)c1ccc(NC(=O)C2CC2)nc1-c1ccn2nc(C(F)(F)F)cc2n1. The molecule has 0 unspecified atom stereocenters.